The molecule has 0 saturated carbocycles. The van der Waals surface area contributed by atoms with Crippen LogP contribution in [0, 0.1) is 5.41 Å². The maximum atomic E-state index is 13.2. The van der Waals surface area contributed by atoms with E-state index >= 15 is 0 Å². The van der Waals surface area contributed by atoms with Gasteiger partial charge < -0.3 is 10.4 Å². The monoisotopic (exact) mass is 582 g/mol. The van der Waals surface area contributed by atoms with Crippen molar-refractivity contribution in [2.24, 2.45) is 0 Å². The van der Waals surface area contributed by atoms with Gasteiger partial charge in [-0.1, -0.05) is 47.5 Å². The van der Waals surface area contributed by atoms with Crippen LogP contribution in [0.3, 0.4) is 0 Å². The third-order valence-electron chi connectivity index (χ3n) is 6.10. The van der Waals surface area contributed by atoms with Crippen LogP contribution in [0.5, 0.6) is 0 Å². The molecule has 12 heteroatoms. The summed E-state index contributed by atoms with van der Waals surface area (Å²) in [5, 5.41) is 11.3. The van der Waals surface area contributed by atoms with Crippen LogP contribution in [0.4, 0.5) is 5.13 Å². The zero-order chi connectivity index (χ0) is 25.9. The molecule has 198 valence electrons. The van der Waals surface area contributed by atoms with E-state index in [4.69, 9.17) is 28.6 Å². The van der Waals surface area contributed by atoms with Crippen molar-refractivity contribution in [1.29, 1.82) is 5.41 Å². The highest BCUT2D eigenvalue weighted by molar-refractivity contribution is 7.93. The third kappa shape index (κ3) is 6.39. The summed E-state index contributed by atoms with van der Waals surface area (Å²) >= 11 is 13.7. The predicted molar refractivity (Wildman–Crippen MR) is 151 cm³/mol. The molecule has 1 saturated heterocycles. The van der Waals surface area contributed by atoms with Crippen molar-refractivity contribution in [3.8, 4) is 0 Å². The maximum absolute atomic E-state index is 13.2. The second kappa shape index (κ2) is 12.2. The molecule has 0 atom stereocenters. The quantitative estimate of drug-likeness (QED) is 0.285. The van der Waals surface area contributed by atoms with Crippen LogP contribution in [0.25, 0.3) is 0 Å². The normalized spacial score (nSPS) is 14.7. The molecule has 0 bridgehead atoms. The van der Waals surface area contributed by atoms with Crippen molar-refractivity contribution >= 4 is 61.3 Å². The highest BCUT2D eigenvalue weighted by Gasteiger charge is 2.29. The van der Waals surface area contributed by atoms with E-state index in [0.29, 0.717) is 33.8 Å². The Balaban J connectivity index is 0.00000253. The van der Waals surface area contributed by atoms with Gasteiger partial charge in [-0.3, -0.25) is 14.9 Å². The van der Waals surface area contributed by atoms with Crippen molar-refractivity contribution in [3.63, 3.8) is 0 Å². The number of rotatable bonds is 7. The first-order chi connectivity index (χ1) is 17.2. The molecular weight excluding hydrogens is 555 g/mol. The number of hydrogen-bond acceptors (Lipinski definition) is 6. The number of nitrogens with zero attached hydrogens (tertiary/aromatic N) is 2. The van der Waals surface area contributed by atoms with Crippen LogP contribution in [0.15, 0.2) is 70.6 Å². The van der Waals surface area contributed by atoms with Gasteiger partial charge in [0.2, 0.25) is 0 Å². The molecule has 1 aliphatic heterocycles. The van der Waals surface area contributed by atoms with Gasteiger partial charge in [-0.15, -0.1) is 11.3 Å². The van der Waals surface area contributed by atoms with E-state index < -0.39 is 10.0 Å². The standard InChI is InChI=1S/C25H24Cl2N4O3S2.H2O.H2/c1-2-19(23(28)22-20(26)4-3-5-21(22)27)24(32)31-13-10-17(11-14-31)16-6-8-18(9-7-16)36(33,34)30-25-29-12-15-35-25;;/h2-9,12,15,17,28H,10-11,13-14H2,1H3,(H,29,30);1H2;1H/b19-2-,28-23?;;. The van der Waals surface area contributed by atoms with Crippen LogP contribution >= 0.6 is 34.5 Å². The van der Waals surface area contributed by atoms with Crippen molar-refractivity contribution in [2.75, 3.05) is 17.8 Å². The fraction of sp³-hybridized carbons (Fsp3) is 0.240. The fourth-order valence-electron chi connectivity index (χ4n) is 4.20. The number of hydrogen-bond donors (Lipinski definition) is 2. The summed E-state index contributed by atoms with van der Waals surface area (Å²) in [7, 11) is -3.70. The number of benzene rings is 2. The van der Waals surface area contributed by atoms with Gasteiger partial charge in [0, 0.05) is 31.7 Å². The number of carbonyl (C=O) groups excluding carboxylic acids is 1. The molecule has 1 fully saturated rings. The summed E-state index contributed by atoms with van der Waals surface area (Å²) in [6, 6.07) is 11.8. The van der Waals surface area contributed by atoms with Crippen LogP contribution in [0.1, 0.15) is 38.2 Å². The number of likely N-dealkylation sites (tertiary alicyclic amines) is 1. The molecule has 1 aromatic heterocycles. The Morgan fingerprint density at radius 1 is 1.16 bits per heavy atom. The van der Waals surface area contributed by atoms with Crippen molar-refractivity contribution < 1.29 is 20.1 Å². The van der Waals surface area contributed by atoms with E-state index in [2.05, 4.69) is 9.71 Å². The Labute approximate surface area is 231 Å². The van der Waals surface area contributed by atoms with Crippen LogP contribution in [-0.4, -0.2) is 48.5 Å². The van der Waals surface area contributed by atoms with Crippen molar-refractivity contribution in [3.05, 3.63) is 86.9 Å². The van der Waals surface area contributed by atoms with Crippen LogP contribution in [-0.2, 0) is 14.8 Å². The molecule has 1 amide bonds. The van der Waals surface area contributed by atoms with Gasteiger partial charge in [-0.25, -0.2) is 13.4 Å². The molecule has 2 aromatic carbocycles. The zero-order valence-corrected chi connectivity index (χ0v) is 23.0. The minimum Gasteiger partial charge on any atom is -0.412 e. The smallest absolute Gasteiger partial charge is 0.263 e. The molecular formula is C25H28Cl2N4O4S2. The summed E-state index contributed by atoms with van der Waals surface area (Å²) < 4.78 is 27.6. The number of thiazole rings is 1. The lowest BCUT2D eigenvalue weighted by Crippen LogP contribution is -2.40. The van der Waals surface area contributed by atoms with Gasteiger partial charge in [0.25, 0.3) is 15.9 Å². The highest BCUT2D eigenvalue weighted by atomic mass is 35.5. The third-order valence-corrected chi connectivity index (χ3v) is 8.90. The molecule has 8 nitrogen and oxygen atoms in total. The average Bonchev–Trinajstić information content (AvgIpc) is 3.37. The Hall–Kier alpha value is -2.76. The number of halogens is 2. The lowest BCUT2D eigenvalue weighted by Gasteiger charge is -2.33. The van der Waals surface area contributed by atoms with E-state index in [1.807, 2.05) is 12.1 Å². The number of nitrogens with one attached hydrogen (secondary N) is 2. The second-order valence-electron chi connectivity index (χ2n) is 8.25. The SMILES string of the molecule is C/C=C(/C(=N)c1c(Cl)cccc1Cl)C(=O)N1CCC(c2ccc(S(=O)(=O)Nc3nccs3)cc2)CC1.O.[HH]. The van der Waals surface area contributed by atoms with E-state index in [1.165, 1.54) is 17.5 Å². The van der Waals surface area contributed by atoms with Gasteiger partial charge in [0.15, 0.2) is 5.13 Å². The number of carbonyl (C=O) groups is 1. The molecule has 4 rings (SSSR count). The number of sulfonamides is 1. The van der Waals surface area contributed by atoms with Crippen LogP contribution < -0.4 is 4.72 Å². The first-order valence-corrected chi connectivity index (χ1v) is 14.3. The van der Waals surface area contributed by atoms with Gasteiger partial charge in [0.05, 0.1) is 26.2 Å². The molecule has 3 aromatic rings. The minimum atomic E-state index is -3.70. The summed E-state index contributed by atoms with van der Waals surface area (Å²) in [4.78, 5) is 19.1. The van der Waals surface area contributed by atoms with E-state index in [0.717, 1.165) is 18.4 Å². The van der Waals surface area contributed by atoms with Gasteiger partial charge >= 0.3 is 0 Å². The molecule has 0 radical (unpaired) electrons. The van der Waals surface area contributed by atoms with Crippen molar-refractivity contribution in [2.45, 2.75) is 30.6 Å². The van der Waals surface area contributed by atoms with E-state index in [-0.39, 0.29) is 34.9 Å². The number of amides is 1. The molecule has 1 aliphatic rings. The summed E-state index contributed by atoms with van der Waals surface area (Å²) in [5.74, 6) is -0.0316. The summed E-state index contributed by atoms with van der Waals surface area (Å²) in [5.41, 5.74) is 1.63. The van der Waals surface area contributed by atoms with Crippen LogP contribution in [0.2, 0.25) is 10.0 Å². The van der Waals surface area contributed by atoms with Gasteiger partial charge in [0.1, 0.15) is 0 Å². The minimum absolute atomic E-state index is 0. The number of piperidine rings is 1. The molecule has 0 spiro atoms. The molecule has 2 heterocycles. The van der Waals surface area contributed by atoms with Gasteiger partial charge in [-0.05, 0) is 55.5 Å². The first kappa shape index (κ1) is 28.8. The van der Waals surface area contributed by atoms with Crippen molar-refractivity contribution in [1.82, 2.24) is 9.88 Å². The lowest BCUT2D eigenvalue weighted by molar-refractivity contribution is -0.127. The Morgan fingerprint density at radius 3 is 2.32 bits per heavy atom. The molecule has 4 N–H and O–H groups in total. The topological polar surface area (TPSA) is 135 Å². The number of allylic oxidation sites excluding steroid dienone is 1. The Kier molecular flexibility index (Phi) is 9.49. The second-order valence-corrected chi connectivity index (χ2v) is 11.6. The number of anilines is 1. The average molecular weight is 584 g/mol. The first-order valence-electron chi connectivity index (χ1n) is 11.2. The van der Waals surface area contributed by atoms with E-state index in [1.54, 1.807) is 53.6 Å². The predicted octanol–water partition coefficient (Wildman–Crippen LogP) is 5.39. The zero-order valence-electron chi connectivity index (χ0n) is 19.9. The lowest BCUT2D eigenvalue weighted by atomic mass is 9.89. The molecule has 0 aliphatic carbocycles. The van der Waals surface area contributed by atoms with Gasteiger partial charge in [-0.2, -0.15) is 0 Å². The molecule has 0 unspecified atom stereocenters. The largest absolute Gasteiger partial charge is 0.412 e. The summed E-state index contributed by atoms with van der Waals surface area (Å²) in [6.45, 7) is 2.77. The maximum Gasteiger partial charge on any atom is 0.263 e. The Bertz CT molecular complexity index is 1390. The summed E-state index contributed by atoms with van der Waals surface area (Å²) in [6.07, 6.45) is 4.62. The molecule has 37 heavy (non-hydrogen) atoms. The van der Waals surface area contributed by atoms with E-state index in [9.17, 15) is 13.2 Å². The Morgan fingerprint density at radius 2 is 1.78 bits per heavy atom. The highest BCUT2D eigenvalue weighted by Crippen LogP contribution is 2.31. The number of aromatic nitrogens is 1. The fourth-order valence-corrected chi connectivity index (χ4v) is 6.57.